The van der Waals surface area contributed by atoms with Gasteiger partial charge in [-0.05, 0) is 77.4 Å². The van der Waals surface area contributed by atoms with Gasteiger partial charge < -0.3 is 0 Å². The molecule has 246 valence electrons. The zero-order valence-electron chi connectivity index (χ0n) is 29.9. The van der Waals surface area contributed by atoms with Gasteiger partial charge in [0.05, 0.1) is 0 Å². The molecule has 0 spiro atoms. The number of benzene rings is 4. The molecule has 0 heterocycles. The third-order valence-corrected chi connectivity index (χ3v) is 9.23. The van der Waals surface area contributed by atoms with E-state index in [-0.39, 0.29) is 16.6 Å². The van der Waals surface area contributed by atoms with Gasteiger partial charge in [0.2, 0.25) is 0 Å². The number of hydrogen-bond acceptors (Lipinski definition) is 1. The van der Waals surface area contributed by atoms with E-state index in [0.29, 0.717) is 0 Å². The van der Waals surface area contributed by atoms with Gasteiger partial charge in [-0.3, -0.25) is 4.99 Å². The van der Waals surface area contributed by atoms with Crippen LogP contribution in [0.4, 0.5) is 4.39 Å². The van der Waals surface area contributed by atoms with Gasteiger partial charge in [0, 0.05) is 34.2 Å². The van der Waals surface area contributed by atoms with E-state index in [1.54, 1.807) is 6.07 Å². The Morgan fingerprint density at radius 1 is 0.761 bits per heavy atom. The van der Waals surface area contributed by atoms with Crippen molar-refractivity contribution in [3.05, 3.63) is 131 Å². The van der Waals surface area contributed by atoms with Crippen LogP contribution in [0.25, 0.3) is 21.5 Å². The van der Waals surface area contributed by atoms with Crippen LogP contribution in [0.2, 0.25) is 0 Å². The smallest absolute Gasteiger partial charge is 0.127 e. The van der Waals surface area contributed by atoms with E-state index >= 15 is 0 Å². The predicted molar refractivity (Wildman–Crippen MR) is 205 cm³/mol. The summed E-state index contributed by atoms with van der Waals surface area (Å²) in [5.74, 6) is -0.156. The molecular weight excluding hydrogens is 585 g/mol. The average Bonchev–Trinajstić information content (AvgIpc) is 3.07. The van der Waals surface area contributed by atoms with Crippen molar-refractivity contribution in [2.75, 3.05) is 7.05 Å². The van der Waals surface area contributed by atoms with E-state index in [1.165, 1.54) is 34.8 Å². The average molecular weight is 640 g/mol. The molecule has 4 aromatic rings. The summed E-state index contributed by atoms with van der Waals surface area (Å²) in [6.07, 6.45) is 8.84. The Hall–Kier alpha value is -3.49. The Labute approximate surface area is 284 Å². The lowest BCUT2D eigenvalue weighted by molar-refractivity contribution is 0.548. The van der Waals surface area contributed by atoms with Crippen molar-refractivity contribution in [1.29, 1.82) is 0 Å². The standard InChI is InChI=1S/C23H26ClN.C16H17F.2C2H6/c1-23(2,20-13-8-11-17-9-4-6-12-19(17)20)22(25-3)16-15-18-10-5-7-14-21(18)24;1-11(2)16(3,4)15-13-8-6-5-7-12(13)9-10-14(15)17;2*1-2/h4,6,8-9,11-13,15-16H,5,7,10,14H2,1-3H3;5-10H,1H2,2-4H3;2*1-2H3. The summed E-state index contributed by atoms with van der Waals surface area (Å²) in [6, 6.07) is 26.3. The Kier molecular flexibility index (Phi) is 15.1. The third-order valence-electron chi connectivity index (χ3n) is 8.80. The molecule has 0 aliphatic heterocycles. The van der Waals surface area contributed by atoms with Gasteiger partial charge in [0.1, 0.15) is 5.82 Å². The number of allylic oxidation sites excluding steroid dienone is 5. The molecule has 0 N–H and O–H groups in total. The minimum atomic E-state index is -0.356. The molecule has 5 rings (SSSR count). The van der Waals surface area contributed by atoms with Gasteiger partial charge in [-0.1, -0.05) is 158 Å². The van der Waals surface area contributed by atoms with Gasteiger partial charge in [-0.15, -0.1) is 0 Å². The number of aliphatic imine (C=N–C) groups is 1. The van der Waals surface area contributed by atoms with E-state index in [4.69, 9.17) is 11.6 Å². The van der Waals surface area contributed by atoms with Crippen LogP contribution < -0.4 is 0 Å². The second-order valence-corrected chi connectivity index (χ2v) is 12.7. The Morgan fingerprint density at radius 3 is 1.89 bits per heavy atom. The lowest BCUT2D eigenvalue weighted by Crippen LogP contribution is -2.28. The van der Waals surface area contributed by atoms with Crippen LogP contribution in [0.1, 0.15) is 99.1 Å². The molecule has 0 saturated heterocycles. The molecule has 0 atom stereocenters. The topological polar surface area (TPSA) is 12.4 Å². The summed E-state index contributed by atoms with van der Waals surface area (Å²) in [5.41, 5.74) is 4.82. The molecular formula is C43H55ClFN. The first kappa shape index (κ1) is 38.7. The molecule has 1 aliphatic carbocycles. The van der Waals surface area contributed by atoms with Gasteiger partial charge >= 0.3 is 0 Å². The second kappa shape index (κ2) is 18.0. The molecule has 0 amide bonds. The maximum atomic E-state index is 14.1. The molecule has 4 aromatic carbocycles. The summed E-state index contributed by atoms with van der Waals surface area (Å²) >= 11 is 6.41. The molecule has 0 unspecified atom stereocenters. The molecule has 1 aliphatic rings. The molecule has 0 saturated carbocycles. The van der Waals surface area contributed by atoms with Crippen LogP contribution in [0.15, 0.2) is 119 Å². The first-order valence-corrected chi connectivity index (χ1v) is 17.2. The Morgan fingerprint density at radius 2 is 1.30 bits per heavy atom. The summed E-state index contributed by atoms with van der Waals surface area (Å²) in [6.45, 7) is 22.5. The van der Waals surface area contributed by atoms with Crippen LogP contribution in [0, 0.1) is 5.82 Å². The van der Waals surface area contributed by atoms with E-state index in [0.717, 1.165) is 45.5 Å². The van der Waals surface area contributed by atoms with Crippen LogP contribution in [-0.4, -0.2) is 12.8 Å². The third kappa shape index (κ3) is 9.07. The highest BCUT2D eigenvalue weighted by Crippen LogP contribution is 2.37. The molecule has 46 heavy (non-hydrogen) atoms. The van der Waals surface area contributed by atoms with Gasteiger partial charge in [0.15, 0.2) is 0 Å². The summed E-state index contributed by atoms with van der Waals surface area (Å²) in [4.78, 5) is 4.62. The van der Waals surface area contributed by atoms with Crippen LogP contribution in [0.5, 0.6) is 0 Å². The van der Waals surface area contributed by atoms with Crippen molar-refractivity contribution < 1.29 is 4.39 Å². The zero-order valence-corrected chi connectivity index (χ0v) is 30.7. The van der Waals surface area contributed by atoms with Gasteiger partial charge in [0.25, 0.3) is 0 Å². The number of fused-ring (bicyclic) bond motifs is 2. The highest BCUT2D eigenvalue weighted by atomic mass is 35.5. The molecule has 0 fully saturated rings. The number of hydrogen-bond donors (Lipinski definition) is 0. The van der Waals surface area contributed by atoms with Crippen molar-refractivity contribution in [2.24, 2.45) is 4.99 Å². The van der Waals surface area contributed by atoms with Crippen LogP contribution >= 0.6 is 11.6 Å². The lowest BCUT2D eigenvalue weighted by Gasteiger charge is -2.28. The second-order valence-electron chi connectivity index (χ2n) is 12.3. The maximum absolute atomic E-state index is 14.1. The molecule has 0 aromatic heterocycles. The lowest BCUT2D eigenvalue weighted by atomic mass is 9.76. The van der Waals surface area contributed by atoms with E-state index in [1.807, 2.05) is 85.8 Å². The summed E-state index contributed by atoms with van der Waals surface area (Å²) in [7, 11) is 1.88. The van der Waals surface area contributed by atoms with E-state index < -0.39 is 0 Å². The van der Waals surface area contributed by atoms with E-state index in [9.17, 15) is 4.39 Å². The van der Waals surface area contributed by atoms with Crippen LogP contribution in [0.3, 0.4) is 0 Å². The van der Waals surface area contributed by atoms with Crippen molar-refractivity contribution in [3.8, 4) is 0 Å². The minimum Gasteiger partial charge on any atom is -0.292 e. The minimum absolute atomic E-state index is 0.156. The SMILES string of the molecule is C=C(C)C(C)(C)c1c(F)ccc2ccccc12.CC.CC.CN=C(C=CC1=C(Cl)CCCC1)C(C)(C)c1cccc2ccccc12. The fraction of sp³-hybridized carbons (Fsp3) is 0.372. The van der Waals surface area contributed by atoms with Crippen LogP contribution in [-0.2, 0) is 10.8 Å². The first-order valence-electron chi connectivity index (χ1n) is 16.8. The Balaban J connectivity index is 0.000000306. The fourth-order valence-corrected chi connectivity index (χ4v) is 6.10. The number of halogens is 2. The summed E-state index contributed by atoms with van der Waals surface area (Å²) in [5, 5.41) is 5.62. The van der Waals surface area contributed by atoms with Gasteiger partial charge in [-0.2, -0.15) is 0 Å². The normalized spacial score (nSPS) is 13.8. The maximum Gasteiger partial charge on any atom is 0.127 e. The molecule has 0 bridgehead atoms. The zero-order chi connectivity index (χ0) is 34.5. The number of rotatable bonds is 6. The molecule has 1 nitrogen and oxygen atoms in total. The van der Waals surface area contributed by atoms with Crippen molar-refractivity contribution >= 4 is 38.9 Å². The van der Waals surface area contributed by atoms with E-state index in [2.05, 4.69) is 80.0 Å². The Bertz CT molecular complexity index is 1680. The largest absolute Gasteiger partial charge is 0.292 e. The first-order chi connectivity index (χ1) is 22.0. The quantitative estimate of drug-likeness (QED) is 0.147. The van der Waals surface area contributed by atoms with Crippen molar-refractivity contribution in [1.82, 2.24) is 0 Å². The molecule has 3 heteroatoms. The highest BCUT2D eigenvalue weighted by molar-refractivity contribution is 6.30. The van der Waals surface area contributed by atoms with Crippen molar-refractivity contribution in [3.63, 3.8) is 0 Å². The highest BCUT2D eigenvalue weighted by Gasteiger charge is 2.28. The number of nitrogens with zero attached hydrogens (tertiary/aromatic N) is 1. The fourth-order valence-electron chi connectivity index (χ4n) is 5.81. The molecule has 0 radical (unpaired) electrons. The predicted octanol–water partition coefficient (Wildman–Crippen LogP) is 13.7. The van der Waals surface area contributed by atoms with Crippen molar-refractivity contribution in [2.45, 2.75) is 98.8 Å². The monoisotopic (exact) mass is 639 g/mol. The summed E-state index contributed by atoms with van der Waals surface area (Å²) < 4.78 is 14.1. The van der Waals surface area contributed by atoms with Gasteiger partial charge in [-0.25, -0.2) is 4.39 Å².